The minimum atomic E-state index is -4.52. The summed E-state index contributed by atoms with van der Waals surface area (Å²) < 4.78 is 51.8. The van der Waals surface area contributed by atoms with Crippen molar-refractivity contribution in [2.75, 3.05) is 20.2 Å². The SMILES string of the molecule is COCc1ccc(CN2CCCC(c3cc(C(F)(F)F)n4ncnc4n3)C2)o1. The van der Waals surface area contributed by atoms with Crippen molar-refractivity contribution in [3.05, 3.63) is 47.4 Å². The third kappa shape index (κ3) is 3.88. The molecule has 0 N–H and O–H groups in total. The lowest BCUT2D eigenvalue weighted by atomic mass is 9.94. The first-order valence-electron chi connectivity index (χ1n) is 9.01. The van der Waals surface area contributed by atoms with Gasteiger partial charge in [-0.25, -0.2) is 4.98 Å². The van der Waals surface area contributed by atoms with Crippen LogP contribution in [0.15, 0.2) is 28.9 Å². The number of likely N-dealkylation sites (tertiary alicyclic amines) is 1. The highest BCUT2D eigenvalue weighted by Crippen LogP contribution is 2.33. The lowest BCUT2D eigenvalue weighted by Crippen LogP contribution is -2.34. The van der Waals surface area contributed by atoms with Crippen molar-refractivity contribution < 1.29 is 22.3 Å². The van der Waals surface area contributed by atoms with Crippen LogP contribution in [0.25, 0.3) is 5.78 Å². The molecule has 0 amide bonds. The van der Waals surface area contributed by atoms with E-state index < -0.39 is 11.9 Å². The zero-order valence-corrected chi connectivity index (χ0v) is 15.3. The standard InChI is InChI=1S/C18H20F3N5O2/c1-27-10-14-5-4-13(28-14)9-25-6-2-3-12(8-25)15-7-16(18(19,20)21)26-17(24-15)22-11-23-26/h4-5,7,11-12H,2-3,6,8-10H2,1H3. The molecule has 0 aromatic carbocycles. The van der Waals surface area contributed by atoms with Crippen LogP contribution < -0.4 is 0 Å². The highest BCUT2D eigenvalue weighted by atomic mass is 19.4. The summed E-state index contributed by atoms with van der Waals surface area (Å²) in [4.78, 5) is 10.4. The van der Waals surface area contributed by atoms with Crippen LogP contribution in [0.4, 0.5) is 13.2 Å². The Kier molecular flexibility index (Phi) is 5.07. The smallest absolute Gasteiger partial charge is 0.433 e. The van der Waals surface area contributed by atoms with Crippen molar-refractivity contribution in [2.24, 2.45) is 0 Å². The van der Waals surface area contributed by atoms with Crippen molar-refractivity contribution in [3.63, 3.8) is 0 Å². The average molecular weight is 395 g/mol. The van der Waals surface area contributed by atoms with Crippen LogP contribution in [-0.2, 0) is 24.1 Å². The van der Waals surface area contributed by atoms with Crippen molar-refractivity contribution >= 4 is 5.78 Å². The van der Waals surface area contributed by atoms with Crippen LogP contribution in [0.2, 0.25) is 0 Å². The van der Waals surface area contributed by atoms with Crippen molar-refractivity contribution in [2.45, 2.75) is 38.1 Å². The molecule has 150 valence electrons. The molecular weight excluding hydrogens is 375 g/mol. The first kappa shape index (κ1) is 18.9. The van der Waals surface area contributed by atoms with Crippen LogP contribution in [0.3, 0.4) is 0 Å². The highest BCUT2D eigenvalue weighted by molar-refractivity contribution is 5.33. The van der Waals surface area contributed by atoms with Crippen LogP contribution in [0, 0.1) is 0 Å². The number of ether oxygens (including phenoxy) is 1. The maximum Gasteiger partial charge on any atom is 0.433 e. The molecule has 0 bridgehead atoms. The molecule has 10 heteroatoms. The maximum absolute atomic E-state index is 13.4. The lowest BCUT2D eigenvalue weighted by Gasteiger charge is -2.32. The van der Waals surface area contributed by atoms with Gasteiger partial charge in [0.1, 0.15) is 24.5 Å². The van der Waals surface area contributed by atoms with Gasteiger partial charge in [0.15, 0.2) is 5.69 Å². The number of fused-ring (bicyclic) bond motifs is 1. The van der Waals surface area contributed by atoms with Gasteiger partial charge < -0.3 is 9.15 Å². The number of rotatable bonds is 5. The quantitative estimate of drug-likeness (QED) is 0.661. The fourth-order valence-corrected chi connectivity index (χ4v) is 3.63. The summed E-state index contributed by atoms with van der Waals surface area (Å²) in [6.45, 7) is 2.47. The molecule has 0 saturated carbocycles. The number of alkyl halides is 3. The number of aromatic nitrogens is 4. The summed E-state index contributed by atoms with van der Waals surface area (Å²) in [6.07, 6.45) is -1.79. The van der Waals surface area contributed by atoms with E-state index in [4.69, 9.17) is 9.15 Å². The van der Waals surface area contributed by atoms with E-state index in [1.54, 1.807) is 7.11 Å². The normalized spacial score (nSPS) is 18.8. The van der Waals surface area contributed by atoms with E-state index >= 15 is 0 Å². The minimum absolute atomic E-state index is 0.0304. The fourth-order valence-electron chi connectivity index (χ4n) is 3.63. The summed E-state index contributed by atoms with van der Waals surface area (Å²) in [5.41, 5.74) is -0.450. The molecule has 1 aliphatic rings. The monoisotopic (exact) mass is 395 g/mol. The van der Waals surface area contributed by atoms with E-state index in [2.05, 4.69) is 20.0 Å². The first-order chi connectivity index (χ1) is 13.4. The molecule has 1 saturated heterocycles. The Hall–Kier alpha value is -2.46. The van der Waals surface area contributed by atoms with Gasteiger partial charge in [0.2, 0.25) is 0 Å². The topological polar surface area (TPSA) is 68.7 Å². The Bertz CT molecular complexity index is 952. The third-order valence-electron chi connectivity index (χ3n) is 4.87. The maximum atomic E-state index is 13.4. The Morgan fingerprint density at radius 1 is 1.29 bits per heavy atom. The van der Waals surface area contributed by atoms with Gasteiger partial charge in [0.25, 0.3) is 5.78 Å². The molecule has 4 rings (SSSR count). The Balaban J connectivity index is 1.54. The van der Waals surface area contributed by atoms with Crippen LogP contribution in [0.5, 0.6) is 0 Å². The Morgan fingerprint density at radius 3 is 2.89 bits per heavy atom. The van der Waals surface area contributed by atoms with E-state index in [1.165, 1.54) is 0 Å². The van der Waals surface area contributed by atoms with Gasteiger partial charge in [-0.15, -0.1) is 0 Å². The number of nitrogens with zero attached hydrogens (tertiary/aromatic N) is 5. The molecule has 4 heterocycles. The summed E-state index contributed by atoms with van der Waals surface area (Å²) in [5.74, 6) is 1.42. The number of hydrogen-bond donors (Lipinski definition) is 0. The molecule has 1 unspecified atom stereocenters. The molecular formula is C18H20F3N5O2. The van der Waals surface area contributed by atoms with Crippen LogP contribution in [-0.4, -0.2) is 44.7 Å². The number of piperidine rings is 1. The molecule has 3 aromatic rings. The highest BCUT2D eigenvalue weighted by Gasteiger charge is 2.36. The zero-order valence-electron chi connectivity index (χ0n) is 15.3. The predicted octanol–water partition coefficient (Wildman–Crippen LogP) is 3.26. The van der Waals surface area contributed by atoms with Gasteiger partial charge in [0, 0.05) is 19.6 Å². The predicted molar refractivity (Wildman–Crippen MR) is 92.5 cm³/mol. The second kappa shape index (κ2) is 7.51. The lowest BCUT2D eigenvalue weighted by molar-refractivity contribution is -0.142. The van der Waals surface area contributed by atoms with Gasteiger partial charge in [-0.05, 0) is 37.6 Å². The second-order valence-corrected chi connectivity index (χ2v) is 6.91. The van der Waals surface area contributed by atoms with Gasteiger partial charge in [-0.3, -0.25) is 4.90 Å². The van der Waals surface area contributed by atoms with Crippen molar-refractivity contribution in [1.29, 1.82) is 0 Å². The summed E-state index contributed by atoms with van der Waals surface area (Å²) in [5, 5.41) is 3.65. The Labute approximate surface area is 159 Å². The molecule has 1 fully saturated rings. The summed E-state index contributed by atoms with van der Waals surface area (Å²) >= 11 is 0. The molecule has 1 aliphatic heterocycles. The van der Waals surface area contributed by atoms with Crippen molar-refractivity contribution in [1.82, 2.24) is 24.5 Å². The molecule has 0 aliphatic carbocycles. The van der Waals surface area contributed by atoms with E-state index in [9.17, 15) is 13.2 Å². The van der Waals surface area contributed by atoms with Crippen LogP contribution >= 0.6 is 0 Å². The minimum Gasteiger partial charge on any atom is -0.462 e. The first-order valence-corrected chi connectivity index (χ1v) is 9.01. The number of methoxy groups -OCH3 is 1. The van der Waals surface area contributed by atoms with E-state index in [1.807, 2.05) is 12.1 Å². The van der Waals surface area contributed by atoms with Gasteiger partial charge in [0.05, 0.1) is 12.2 Å². The Morgan fingerprint density at radius 2 is 2.11 bits per heavy atom. The largest absolute Gasteiger partial charge is 0.462 e. The van der Waals surface area contributed by atoms with Gasteiger partial charge in [-0.1, -0.05) is 0 Å². The second-order valence-electron chi connectivity index (χ2n) is 6.91. The molecule has 0 spiro atoms. The van der Waals surface area contributed by atoms with E-state index in [0.717, 1.165) is 47.8 Å². The van der Waals surface area contributed by atoms with Crippen LogP contribution in [0.1, 0.15) is 41.7 Å². The molecule has 1 atom stereocenters. The molecule has 3 aromatic heterocycles. The van der Waals surface area contributed by atoms with Gasteiger partial charge >= 0.3 is 6.18 Å². The number of hydrogen-bond acceptors (Lipinski definition) is 6. The molecule has 7 nitrogen and oxygen atoms in total. The molecule has 28 heavy (non-hydrogen) atoms. The van der Waals surface area contributed by atoms with Gasteiger partial charge in [-0.2, -0.15) is 27.8 Å². The number of halogens is 3. The van der Waals surface area contributed by atoms with Crippen molar-refractivity contribution in [3.8, 4) is 0 Å². The fraction of sp³-hybridized carbons (Fsp3) is 0.500. The number of furan rings is 1. The summed E-state index contributed by atoms with van der Waals surface area (Å²) in [7, 11) is 1.60. The molecule has 0 radical (unpaired) electrons. The third-order valence-corrected chi connectivity index (χ3v) is 4.87. The zero-order chi connectivity index (χ0) is 19.7. The van der Waals surface area contributed by atoms with E-state index in [0.29, 0.717) is 25.4 Å². The van der Waals surface area contributed by atoms with E-state index in [-0.39, 0.29) is 11.7 Å². The average Bonchev–Trinajstić information content (AvgIpc) is 3.30. The summed E-state index contributed by atoms with van der Waals surface area (Å²) in [6, 6.07) is 4.87.